The van der Waals surface area contributed by atoms with E-state index in [1.54, 1.807) is 0 Å². The van der Waals surface area contributed by atoms with Crippen molar-refractivity contribution >= 4 is 60.6 Å². The van der Waals surface area contributed by atoms with Crippen molar-refractivity contribution < 1.29 is 30.0 Å². The van der Waals surface area contributed by atoms with Gasteiger partial charge in [0.25, 0.3) is 0 Å². The standard InChI is InChI=1S/C29H18NS.C11H20O2.Ir/c1-16-11-17(2)20-7-8-21-22-9-10-30-29-25-13-18-5-3-4-6-19(18)14-26(25)31-27(28(22)29)15-24(21)23(20)12-16;1-10(2,3)8(12)7-9(13)11(4,5)6;/h3-12,14-15H,1-2H3;7,12H,1-6H3;/q-1;;/b;8-7-;. The summed E-state index contributed by atoms with van der Waals surface area (Å²) in [5.41, 5.74) is 4.05. The van der Waals surface area contributed by atoms with Crippen LogP contribution < -0.4 is 0 Å². The predicted octanol–water partition coefficient (Wildman–Crippen LogP) is 11.3. The number of carbonyl (C=O) groups is 1. The van der Waals surface area contributed by atoms with Gasteiger partial charge >= 0.3 is 0 Å². The third-order valence-corrected chi connectivity index (χ3v) is 9.36. The molecule has 1 aliphatic heterocycles. The molecule has 1 aliphatic rings. The summed E-state index contributed by atoms with van der Waals surface area (Å²) in [5.74, 6) is 0.104. The molecule has 0 unspecified atom stereocenters. The predicted molar refractivity (Wildman–Crippen MR) is 187 cm³/mol. The number of benzene rings is 5. The van der Waals surface area contributed by atoms with Gasteiger partial charge in [0.15, 0.2) is 5.78 Å². The molecule has 0 fully saturated rings. The van der Waals surface area contributed by atoms with Gasteiger partial charge in [0.2, 0.25) is 0 Å². The fourth-order valence-corrected chi connectivity index (χ4v) is 6.86. The van der Waals surface area contributed by atoms with E-state index in [2.05, 4.69) is 86.6 Å². The Bertz CT molecular complexity index is 2170. The molecule has 1 radical (unpaired) electrons. The van der Waals surface area contributed by atoms with Crippen molar-refractivity contribution in [3.05, 3.63) is 102 Å². The fourth-order valence-electron chi connectivity index (χ4n) is 5.70. The summed E-state index contributed by atoms with van der Waals surface area (Å²) in [7, 11) is 0. The number of hydrogen-bond donors (Lipinski definition) is 1. The second-order valence-corrected chi connectivity index (χ2v) is 15.0. The molecule has 0 atom stereocenters. The molecule has 5 aromatic carbocycles. The maximum atomic E-state index is 11.5. The van der Waals surface area contributed by atoms with Crippen LogP contribution in [0.5, 0.6) is 0 Å². The summed E-state index contributed by atoms with van der Waals surface area (Å²) in [6.07, 6.45) is 3.29. The number of aliphatic hydroxyl groups is 1. The third-order valence-electron chi connectivity index (χ3n) is 8.28. The number of carbonyl (C=O) groups excluding carboxylic acids is 1. The molecule has 231 valence electrons. The number of aliphatic hydroxyl groups excluding tert-OH is 1. The Morgan fingerprint density at radius 1 is 0.800 bits per heavy atom. The van der Waals surface area contributed by atoms with E-state index in [0.717, 1.165) is 16.6 Å². The number of fused-ring (bicyclic) bond motifs is 7. The van der Waals surface area contributed by atoms with E-state index in [1.165, 1.54) is 64.7 Å². The molecule has 0 amide bonds. The van der Waals surface area contributed by atoms with Crippen LogP contribution in [0.4, 0.5) is 0 Å². The molecule has 0 aliphatic carbocycles. The molecule has 0 spiro atoms. The average molecular weight is 789 g/mol. The van der Waals surface area contributed by atoms with E-state index in [9.17, 15) is 9.90 Å². The first-order chi connectivity index (χ1) is 20.7. The van der Waals surface area contributed by atoms with Crippen LogP contribution in [0.1, 0.15) is 52.7 Å². The SMILES string of the molecule is CC(C)(C)C(=O)/C=C(\O)C(C)(C)C.Cc1cc(C)c2ccc3c4ccnc5c4c(cc3c2c1)Sc1cc2ccccc2[c-]c1-5.[Ir]. The first kappa shape index (κ1) is 32.9. The van der Waals surface area contributed by atoms with Gasteiger partial charge in [0, 0.05) is 53.8 Å². The monoisotopic (exact) mass is 789 g/mol. The van der Waals surface area contributed by atoms with Crippen LogP contribution in [0.2, 0.25) is 0 Å². The van der Waals surface area contributed by atoms with Gasteiger partial charge in [-0.3, -0.25) is 9.78 Å². The van der Waals surface area contributed by atoms with Gasteiger partial charge in [-0.2, -0.15) is 0 Å². The summed E-state index contributed by atoms with van der Waals surface area (Å²) in [6.45, 7) is 15.5. The zero-order valence-corrected chi connectivity index (χ0v) is 30.3. The molecule has 0 saturated heterocycles. The quantitative estimate of drug-likeness (QED) is 0.0779. The Kier molecular flexibility index (Phi) is 8.78. The molecular weight excluding hydrogens is 751 g/mol. The molecule has 1 N–H and O–H groups in total. The van der Waals surface area contributed by atoms with Gasteiger partial charge in [0.1, 0.15) is 5.76 Å². The van der Waals surface area contributed by atoms with Crippen molar-refractivity contribution in [2.45, 2.75) is 65.2 Å². The minimum absolute atomic E-state index is 0. The van der Waals surface area contributed by atoms with Crippen LogP contribution in [0.25, 0.3) is 54.3 Å². The summed E-state index contributed by atoms with van der Waals surface area (Å²) in [6, 6.07) is 28.1. The molecule has 7 rings (SSSR count). The van der Waals surface area contributed by atoms with Gasteiger partial charge in [-0.15, -0.1) is 35.3 Å². The van der Waals surface area contributed by atoms with Gasteiger partial charge in [-0.25, -0.2) is 0 Å². The van der Waals surface area contributed by atoms with Crippen LogP contribution >= 0.6 is 11.8 Å². The summed E-state index contributed by atoms with van der Waals surface area (Å²) in [5, 5.41) is 19.7. The van der Waals surface area contributed by atoms with E-state index in [0.29, 0.717) is 0 Å². The molecule has 45 heavy (non-hydrogen) atoms. The topological polar surface area (TPSA) is 50.2 Å². The molecule has 5 heteroatoms. The summed E-state index contributed by atoms with van der Waals surface area (Å²) >= 11 is 1.85. The minimum atomic E-state index is -0.417. The van der Waals surface area contributed by atoms with E-state index in [-0.39, 0.29) is 37.1 Å². The largest absolute Gasteiger partial charge is 0.512 e. The van der Waals surface area contributed by atoms with Crippen molar-refractivity contribution in [3.63, 3.8) is 0 Å². The first-order valence-corrected chi connectivity index (χ1v) is 15.9. The zero-order valence-electron chi connectivity index (χ0n) is 27.0. The number of pyridine rings is 1. The van der Waals surface area contributed by atoms with Crippen LogP contribution in [-0.2, 0) is 24.9 Å². The van der Waals surface area contributed by atoms with Gasteiger partial charge in [-0.05, 0) is 68.8 Å². The average Bonchev–Trinajstić information content (AvgIpc) is 2.95. The first-order valence-electron chi connectivity index (χ1n) is 15.1. The number of allylic oxidation sites excluding steroid dienone is 2. The molecular formula is C40H38IrNO2S-. The van der Waals surface area contributed by atoms with E-state index >= 15 is 0 Å². The Balaban J connectivity index is 0.000000246. The van der Waals surface area contributed by atoms with Gasteiger partial charge in [-0.1, -0.05) is 101 Å². The summed E-state index contributed by atoms with van der Waals surface area (Å²) in [4.78, 5) is 18.8. The third kappa shape index (κ3) is 6.19. The number of ketones is 1. The number of hydrogen-bond acceptors (Lipinski definition) is 4. The maximum Gasteiger partial charge on any atom is 0.164 e. The van der Waals surface area contributed by atoms with Crippen molar-refractivity contribution in [3.8, 4) is 11.3 Å². The van der Waals surface area contributed by atoms with Crippen molar-refractivity contribution in [1.82, 2.24) is 4.98 Å². The van der Waals surface area contributed by atoms with E-state index < -0.39 is 5.41 Å². The second kappa shape index (κ2) is 12.0. The normalized spacial score (nSPS) is 12.9. The minimum Gasteiger partial charge on any atom is -0.512 e. The summed E-state index contributed by atoms with van der Waals surface area (Å²) < 4.78 is 0. The Hall–Kier alpha value is -3.50. The molecule has 0 saturated carbocycles. The number of nitrogens with zero attached hydrogens (tertiary/aromatic N) is 1. The van der Waals surface area contributed by atoms with E-state index in [4.69, 9.17) is 4.98 Å². The van der Waals surface area contributed by atoms with Gasteiger partial charge < -0.3 is 5.11 Å². The van der Waals surface area contributed by atoms with Crippen LogP contribution in [-0.4, -0.2) is 15.9 Å². The number of aryl methyl sites for hydroxylation is 2. The second-order valence-electron chi connectivity index (χ2n) is 13.9. The fraction of sp³-hybridized carbons (Fsp3) is 0.250. The molecule has 0 bridgehead atoms. The Morgan fingerprint density at radius 3 is 2.20 bits per heavy atom. The molecule has 1 aromatic heterocycles. The molecule has 6 aromatic rings. The zero-order chi connectivity index (χ0) is 31.6. The maximum absolute atomic E-state index is 11.5. The van der Waals surface area contributed by atoms with Crippen molar-refractivity contribution in [2.24, 2.45) is 10.8 Å². The Morgan fingerprint density at radius 2 is 1.49 bits per heavy atom. The smallest absolute Gasteiger partial charge is 0.164 e. The van der Waals surface area contributed by atoms with Gasteiger partial charge in [0.05, 0.1) is 0 Å². The van der Waals surface area contributed by atoms with Crippen LogP contribution in [0, 0.1) is 30.7 Å². The van der Waals surface area contributed by atoms with Crippen LogP contribution in [0.3, 0.4) is 0 Å². The Labute approximate surface area is 283 Å². The number of rotatable bonds is 1. The van der Waals surface area contributed by atoms with Crippen molar-refractivity contribution in [1.29, 1.82) is 0 Å². The molecule has 2 heterocycles. The van der Waals surface area contributed by atoms with E-state index in [1.807, 2.05) is 59.5 Å². The molecule has 3 nitrogen and oxygen atoms in total. The number of aromatic nitrogens is 1. The van der Waals surface area contributed by atoms with Crippen molar-refractivity contribution in [2.75, 3.05) is 0 Å². The van der Waals surface area contributed by atoms with Crippen LogP contribution in [0.15, 0.2) is 94.6 Å².